The van der Waals surface area contributed by atoms with Gasteiger partial charge in [0.2, 0.25) is 0 Å². The summed E-state index contributed by atoms with van der Waals surface area (Å²) in [6, 6.07) is 0. The van der Waals surface area contributed by atoms with E-state index in [9.17, 15) is 49.7 Å². The Kier molecular flexibility index (Phi) is 36.3. The van der Waals surface area contributed by atoms with Crippen molar-refractivity contribution in [3.8, 4) is 0 Å². The predicted octanol–water partition coefficient (Wildman–Crippen LogP) is 8.92. The van der Waals surface area contributed by atoms with Crippen LogP contribution in [0, 0.1) is 0 Å². The van der Waals surface area contributed by atoms with Crippen LogP contribution in [0.1, 0.15) is 187 Å². The van der Waals surface area contributed by atoms with Crippen LogP contribution in [0.5, 0.6) is 0 Å². The largest absolute Gasteiger partial charge is 0.472 e. The van der Waals surface area contributed by atoms with Gasteiger partial charge in [0, 0.05) is 12.8 Å². The molecule has 0 aromatic rings. The molecule has 1 aliphatic carbocycles. The van der Waals surface area contributed by atoms with Gasteiger partial charge in [0.15, 0.2) is 6.10 Å². The van der Waals surface area contributed by atoms with Crippen molar-refractivity contribution in [1.82, 2.24) is 0 Å². The van der Waals surface area contributed by atoms with E-state index < -0.39 is 75.7 Å². The monoisotopic (exact) mass is 931 g/mol. The van der Waals surface area contributed by atoms with Crippen LogP contribution in [-0.2, 0) is 32.7 Å². The Morgan fingerprint density at radius 1 is 0.547 bits per heavy atom. The number of hydrogen-bond donors (Lipinski definition) is 7. The van der Waals surface area contributed by atoms with E-state index in [1.165, 1.54) is 83.5 Å². The fourth-order valence-electron chi connectivity index (χ4n) is 7.20. The maximum absolute atomic E-state index is 12.8. The number of aliphatic hydroxyl groups excluding tert-OH is 6. The quantitative estimate of drug-likeness (QED) is 0.0132. The number of esters is 2. The molecule has 0 radical (unpaired) electrons. The summed E-state index contributed by atoms with van der Waals surface area (Å²) in [5, 5.41) is 59.8. The lowest BCUT2D eigenvalue weighted by atomic mass is 9.85. The van der Waals surface area contributed by atoms with Crippen molar-refractivity contribution in [3.05, 3.63) is 48.6 Å². The third kappa shape index (κ3) is 30.9. The Hall–Kier alpha value is -2.23. The van der Waals surface area contributed by atoms with Gasteiger partial charge in [-0.2, -0.15) is 0 Å². The highest BCUT2D eigenvalue weighted by molar-refractivity contribution is 7.47. The third-order valence-corrected chi connectivity index (χ3v) is 12.3. The summed E-state index contributed by atoms with van der Waals surface area (Å²) in [6.45, 7) is 2.99. The molecule has 1 aliphatic rings. The van der Waals surface area contributed by atoms with Gasteiger partial charge >= 0.3 is 19.8 Å². The fraction of sp³-hybridized carbons (Fsp3) is 0.796. The lowest BCUT2D eigenvalue weighted by Gasteiger charge is -2.41. The molecule has 0 aromatic carbocycles. The van der Waals surface area contributed by atoms with Crippen molar-refractivity contribution in [1.29, 1.82) is 0 Å². The Morgan fingerprint density at radius 2 is 0.969 bits per heavy atom. The molecule has 7 N–H and O–H groups in total. The fourth-order valence-corrected chi connectivity index (χ4v) is 8.17. The molecule has 0 amide bonds. The number of carbonyl (C=O) groups excluding carboxylic acids is 2. The Balaban J connectivity index is 2.47. The van der Waals surface area contributed by atoms with Crippen LogP contribution in [0.3, 0.4) is 0 Å². The summed E-state index contributed by atoms with van der Waals surface area (Å²) in [5.74, 6) is -1.18. The molecule has 0 aromatic heterocycles. The van der Waals surface area contributed by atoms with Crippen molar-refractivity contribution < 1.29 is 68.2 Å². The first-order valence-electron chi connectivity index (χ1n) is 24.5. The molecule has 0 bridgehead atoms. The van der Waals surface area contributed by atoms with Gasteiger partial charge < -0.3 is 45.0 Å². The first-order chi connectivity index (χ1) is 30.8. The van der Waals surface area contributed by atoms with E-state index in [0.29, 0.717) is 19.3 Å². The number of phosphoric ester groups is 1. The van der Waals surface area contributed by atoms with Crippen LogP contribution in [0.4, 0.5) is 0 Å². The molecule has 1 saturated carbocycles. The number of ether oxygens (including phenoxy) is 2. The molecule has 9 atom stereocenters. The second-order valence-electron chi connectivity index (χ2n) is 17.1. The maximum Gasteiger partial charge on any atom is 0.472 e. The number of carbonyl (C=O) groups is 2. The second-order valence-corrected chi connectivity index (χ2v) is 18.5. The van der Waals surface area contributed by atoms with E-state index in [4.69, 9.17) is 18.5 Å². The van der Waals surface area contributed by atoms with Crippen LogP contribution in [-0.4, -0.2) is 110 Å². The minimum Gasteiger partial charge on any atom is -0.462 e. The highest BCUT2D eigenvalue weighted by Gasteiger charge is 2.51. The molecular weight excluding hydrogens is 843 g/mol. The molecule has 64 heavy (non-hydrogen) atoms. The molecule has 3 unspecified atom stereocenters. The van der Waals surface area contributed by atoms with Crippen molar-refractivity contribution >= 4 is 19.8 Å². The average molecular weight is 931 g/mol. The van der Waals surface area contributed by atoms with Crippen molar-refractivity contribution in [2.24, 2.45) is 0 Å². The van der Waals surface area contributed by atoms with Gasteiger partial charge in [0.1, 0.15) is 43.2 Å². The Labute approximate surface area is 384 Å². The van der Waals surface area contributed by atoms with Gasteiger partial charge in [-0.25, -0.2) is 4.57 Å². The molecule has 15 heteroatoms. The van der Waals surface area contributed by atoms with Crippen LogP contribution in [0.2, 0.25) is 0 Å². The van der Waals surface area contributed by atoms with Crippen LogP contribution >= 0.6 is 7.82 Å². The number of hydrogen-bond acceptors (Lipinski definition) is 13. The van der Waals surface area contributed by atoms with Gasteiger partial charge in [-0.05, 0) is 57.8 Å². The number of rotatable bonds is 40. The van der Waals surface area contributed by atoms with Gasteiger partial charge in [-0.15, -0.1) is 0 Å². The van der Waals surface area contributed by atoms with E-state index >= 15 is 0 Å². The molecule has 0 saturated heterocycles. The SMILES string of the molecule is CCCCCCCCCCCCCCCCCCCC(=O)OC[C@H](COP(=O)(O)OC1[C@H](O)[C@H](O)C(O)[C@H](O)[C@H]1O)OC(=O)CCC/C=C\C/C=C\C/C=C\C/C=C\CC[C@H](O)CC. The first-order valence-corrected chi connectivity index (χ1v) is 26.0. The zero-order chi connectivity index (χ0) is 47.3. The van der Waals surface area contributed by atoms with Crippen LogP contribution < -0.4 is 0 Å². The summed E-state index contributed by atoms with van der Waals surface area (Å²) >= 11 is 0. The molecule has 0 aliphatic heterocycles. The molecule has 1 fully saturated rings. The molecule has 14 nitrogen and oxygen atoms in total. The lowest BCUT2D eigenvalue weighted by molar-refractivity contribution is -0.220. The standard InChI is InChI=1S/C49H87O14P/c1-3-5-6-7-8-9-10-11-12-13-14-18-21-24-27-30-33-36-42(51)60-38-41(39-61-64(58,59)63-49-47(56)45(54)44(53)46(55)48(49)57)62-43(52)37-34-31-28-25-22-19-16-15-17-20-23-26-29-32-35-40(50)4-2/h16-17,19-20,25-26,28-29,40-41,44-50,53-57H,3-15,18,21-24,27,30-39H2,1-2H3,(H,58,59)/b19-16-,20-17-,28-25-,29-26-/t40-,41-,44?,45-,46+,47-,48-,49?/m1/s1. The minimum absolute atomic E-state index is 0.00809. The zero-order valence-corrected chi connectivity index (χ0v) is 40.1. The second kappa shape index (κ2) is 38.8. The molecule has 372 valence electrons. The third-order valence-electron chi connectivity index (χ3n) is 11.3. The zero-order valence-electron chi connectivity index (χ0n) is 39.2. The van der Waals surface area contributed by atoms with Gasteiger partial charge in [-0.3, -0.25) is 18.6 Å². The van der Waals surface area contributed by atoms with Crippen molar-refractivity contribution in [2.45, 2.75) is 236 Å². The van der Waals surface area contributed by atoms with E-state index in [1.807, 2.05) is 19.1 Å². The Bertz CT molecular complexity index is 1320. The smallest absolute Gasteiger partial charge is 0.462 e. The summed E-state index contributed by atoms with van der Waals surface area (Å²) < 4.78 is 33.5. The summed E-state index contributed by atoms with van der Waals surface area (Å²) in [5.41, 5.74) is 0. The average Bonchev–Trinajstić information content (AvgIpc) is 3.28. The maximum atomic E-state index is 12.8. The topological polar surface area (TPSA) is 230 Å². The lowest BCUT2D eigenvalue weighted by Crippen LogP contribution is -2.64. The minimum atomic E-state index is -5.14. The number of allylic oxidation sites excluding steroid dienone is 8. The summed E-state index contributed by atoms with van der Waals surface area (Å²) in [4.78, 5) is 35.7. The molecule has 1 rings (SSSR count). The molecular formula is C49H87O14P. The van der Waals surface area contributed by atoms with Crippen LogP contribution in [0.15, 0.2) is 48.6 Å². The number of phosphoric acid groups is 1. The van der Waals surface area contributed by atoms with E-state index in [-0.39, 0.29) is 18.9 Å². The molecule has 0 spiro atoms. The summed E-state index contributed by atoms with van der Waals surface area (Å²) in [7, 11) is -5.14. The van der Waals surface area contributed by atoms with Crippen molar-refractivity contribution in [2.75, 3.05) is 13.2 Å². The summed E-state index contributed by atoms with van der Waals surface area (Å²) in [6.07, 6.45) is 29.6. The van der Waals surface area contributed by atoms with Gasteiger partial charge in [-0.1, -0.05) is 165 Å². The highest BCUT2D eigenvalue weighted by atomic mass is 31.2. The first kappa shape index (κ1) is 59.8. The van der Waals surface area contributed by atoms with Gasteiger partial charge in [0.05, 0.1) is 12.7 Å². The predicted molar refractivity (Wildman–Crippen MR) is 250 cm³/mol. The van der Waals surface area contributed by atoms with Crippen LogP contribution in [0.25, 0.3) is 0 Å². The molecule has 0 heterocycles. The normalized spacial score (nSPS) is 22.5. The van der Waals surface area contributed by atoms with Gasteiger partial charge in [0.25, 0.3) is 0 Å². The van der Waals surface area contributed by atoms with E-state index in [0.717, 1.165) is 57.8 Å². The van der Waals surface area contributed by atoms with E-state index in [1.54, 1.807) is 0 Å². The highest BCUT2D eigenvalue weighted by Crippen LogP contribution is 2.47. The Morgan fingerprint density at radius 3 is 1.45 bits per heavy atom. The van der Waals surface area contributed by atoms with Crippen molar-refractivity contribution in [3.63, 3.8) is 0 Å². The van der Waals surface area contributed by atoms with E-state index in [2.05, 4.69) is 43.4 Å². The number of aliphatic hydroxyl groups is 6. The number of unbranched alkanes of at least 4 members (excludes halogenated alkanes) is 17.